The minimum Gasteiger partial charge on any atom is -0.481 e. The first-order valence-electron chi connectivity index (χ1n) is 11.3. The molecule has 0 fully saturated rings. The lowest BCUT2D eigenvalue weighted by Gasteiger charge is -2.25. The first-order valence-corrected chi connectivity index (χ1v) is 11.3. The number of hydrogen-bond donors (Lipinski definition) is 8. The van der Waals surface area contributed by atoms with E-state index in [0.29, 0.717) is 19.4 Å². The number of unbranched alkanes of at least 4 members (excludes halogenated alkanes) is 1. The van der Waals surface area contributed by atoms with Gasteiger partial charge in [-0.1, -0.05) is 13.8 Å². The van der Waals surface area contributed by atoms with E-state index >= 15 is 0 Å². The monoisotopic (exact) mass is 503 g/mol. The summed E-state index contributed by atoms with van der Waals surface area (Å²) in [5, 5.41) is 34.2. The average Bonchev–Trinajstić information content (AvgIpc) is 2.74. The van der Waals surface area contributed by atoms with Crippen molar-refractivity contribution < 1.29 is 44.1 Å². The van der Waals surface area contributed by atoms with E-state index in [1.807, 2.05) is 0 Å². The van der Waals surface area contributed by atoms with Crippen LogP contribution in [0.15, 0.2) is 0 Å². The van der Waals surface area contributed by atoms with Gasteiger partial charge < -0.3 is 42.7 Å². The van der Waals surface area contributed by atoms with Crippen molar-refractivity contribution in [2.75, 3.05) is 6.54 Å². The summed E-state index contributed by atoms with van der Waals surface area (Å²) in [6.07, 6.45) is -0.232. The molecule has 0 bridgehead atoms. The SMILES string of the molecule is CC(C)CC(NC(=O)C(N)CCC(=O)O)C(=O)NC(CC(=O)O)C(=O)NC(CCCCN)C(=O)O. The van der Waals surface area contributed by atoms with Crippen LogP contribution in [0.25, 0.3) is 0 Å². The Morgan fingerprint density at radius 2 is 1.29 bits per heavy atom. The largest absolute Gasteiger partial charge is 0.481 e. The molecule has 14 nitrogen and oxygen atoms in total. The first-order chi connectivity index (χ1) is 16.3. The van der Waals surface area contributed by atoms with Gasteiger partial charge in [-0.05, 0) is 44.6 Å². The molecule has 0 saturated heterocycles. The standard InChI is InChI=1S/C21H37N5O9/c1-11(2)9-14(25-18(31)12(23)6-7-16(27)28)19(32)26-15(10-17(29)30)20(33)24-13(21(34)35)5-3-4-8-22/h11-15H,3-10,22-23H2,1-2H3,(H,24,33)(H,25,31)(H,26,32)(H,27,28)(H,29,30)(H,34,35). The Kier molecular flexibility index (Phi) is 14.9. The van der Waals surface area contributed by atoms with Crippen LogP contribution in [-0.4, -0.2) is 81.7 Å². The second-order valence-electron chi connectivity index (χ2n) is 8.57. The summed E-state index contributed by atoms with van der Waals surface area (Å²) in [5.74, 6) is -6.64. The van der Waals surface area contributed by atoms with Crippen LogP contribution in [-0.2, 0) is 28.8 Å². The van der Waals surface area contributed by atoms with Gasteiger partial charge in [-0.2, -0.15) is 0 Å². The molecule has 4 atom stereocenters. The molecule has 0 aliphatic carbocycles. The van der Waals surface area contributed by atoms with Crippen molar-refractivity contribution in [3.8, 4) is 0 Å². The van der Waals surface area contributed by atoms with Crippen LogP contribution in [0.5, 0.6) is 0 Å². The summed E-state index contributed by atoms with van der Waals surface area (Å²) >= 11 is 0. The molecule has 0 saturated carbocycles. The van der Waals surface area contributed by atoms with Crippen molar-refractivity contribution in [2.45, 2.75) is 83.0 Å². The predicted octanol–water partition coefficient (Wildman–Crippen LogP) is -1.63. The average molecular weight is 504 g/mol. The summed E-state index contributed by atoms with van der Waals surface area (Å²) in [4.78, 5) is 71.3. The van der Waals surface area contributed by atoms with E-state index in [9.17, 15) is 39.0 Å². The van der Waals surface area contributed by atoms with Crippen molar-refractivity contribution >= 4 is 35.6 Å². The summed E-state index contributed by atoms with van der Waals surface area (Å²) in [5.41, 5.74) is 11.1. The normalized spacial score (nSPS) is 14.3. The number of nitrogens with two attached hydrogens (primary N) is 2. The molecule has 0 radical (unpaired) electrons. The first kappa shape index (κ1) is 31.7. The van der Waals surface area contributed by atoms with Gasteiger partial charge in [0.15, 0.2) is 0 Å². The summed E-state index contributed by atoms with van der Waals surface area (Å²) in [6.45, 7) is 3.86. The van der Waals surface area contributed by atoms with Crippen molar-refractivity contribution in [3.05, 3.63) is 0 Å². The van der Waals surface area contributed by atoms with Gasteiger partial charge in [-0.15, -0.1) is 0 Å². The summed E-state index contributed by atoms with van der Waals surface area (Å²) < 4.78 is 0. The van der Waals surface area contributed by atoms with Gasteiger partial charge in [0.1, 0.15) is 18.1 Å². The van der Waals surface area contributed by atoms with Gasteiger partial charge in [-0.25, -0.2) is 4.79 Å². The zero-order valence-corrected chi connectivity index (χ0v) is 20.0. The number of carboxylic acids is 3. The minimum atomic E-state index is -1.61. The van der Waals surface area contributed by atoms with Crippen LogP contribution in [0.2, 0.25) is 0 Å². The van der Waals surface area contributed by atoms with Crippen LogP contribution in [0.4, 0.5) is 0 Å². The number of rotatable bonds is 18. The lowest BCUT2D eigenvalue weighted by atomic mass is 10.0. The molecule has 0 aromatic rings. The molecule has 4 unspecified atom stereocenters. The van der Waals surface area contributed by atoms with Crippen LogP contribution in [0.3, 0.4) is 0 Å². The predicted molar refractivity (Wildman–Crippen MR) is 123 cm³/mol. The number of carboxylic acid groups (broad SMARTS) is 3. The van der Waals surface area contributed by atoms with E-state index in [-0.39, 0.29) is 31.6 Å². The van der Waals surface area contributed by atoms with Crippen LogP contribution in [0, 0.1) is 5.92 Å². The Morgan fingerprint density at radius 3 is 1.77 bits per heavy atom. The van der Waals surface area contributed by atoms with E-state index < -0.39 is 66.2 Å². The van der Waals surface area contributed by atoms with E-state index in [2.05, 4.69) is 16.0 Å². The molecule has 0 rings (SSSR count). The zero-order chi connectivity index (χ0) is 27.1. The maximum Gasteiger partial charge on any atom is 0.326 e. The molecule has 0 aliphatic rings. The fourth-order valence-corrected chi connectivity index (χ4v) is 3.07. The smallest absolute Gasteiger partial charge is 0.326 e. The molecule has 0 heterocycles. The van der Waals surface area contributed by atoms with Crippen LogP contribution >= 0.6 is 0 Å². The van der Waals surface area contributed by atoms with Crippen molar-refractivity contribution in [2.24, 2.45) is 17.4 Å². The molecular weight excluding hydrogens is 466 g/mol. The summed E-state index contributed by atoms with van der Waals surface area (Å²) in [7, 11) is 0. The van der Waals surface area contributed by atoms with E-state index in [4.69, 9.17) is 16.6 Å². The number of nitrogens with one attached hydrogen (secondary N) is 3. The summed E-state index contributed by atoms with van der Waals surface area (Å²) in [6, 6.07) is -5.30. The lowest BCUT2D eigenvalue weighted by Crippen LogP contribution is -2.57. The maximum atomic E-state index is 12.9. The Balaban J connectivity index is 5.46. The highest BCUT2D eigenvalue weighted by molar-refractivity contribution is 5.95. The maximum absolute atomic E-state index is 12.9. The van der Waals surface area contributed by atoms with E-state index in [1.165, 1.54) is 0 Å². The van der Waals surface area contributed by atoms with Gasteiger partial charge in [0, 0.05) is 6.42 Å². The van der Waals surface area contributed by atoms with E-state index in [1.54, 1.807) is 13.8 Å². The molecule has 0 aliphatic heterocycles. The Bertz CT molecular complexity index is 759. The fourth-order valence-electron chi connectivity index (χ4n) is 3.07. The van der Waals surface area contributed by atoms with Gasteiger partial charge in [-0.3, -0.25) is 24.0 Å². The molecule has 0 aromatic carbocycles. The number of carbonyl (C=O) groups is 6. The second kappa shape index (κ2) is 16.4. The van der Waals surface area contributed by atoms with Crippen molar-refractivity contribution in [1.29, 1.82) is 0 Å². The molecule has 0 aromatic heterocycles. The second-order valence-corrected chi connectivity index (χ2v) is 8.57. The topological polar surface area (TPSA) is 251 Å². The van der Waals surface area contributed by atoms with Gasteiger partial charge in [0.05, 0.1) is 12.5 Å². The van der Waals surface area contributed by atoms with Crippen molar-refractivity contribution in [1.82, 2.24) is 16.0 Å². The molecule has 10 N–H and O–H groups in total. The molecule has 3 amide bonds. The number of aliphatic carboxylic acids is 3. The third-order valence-corrected chi connectivity index (χ3v) is 4.92. The zero-order valence-electron chi connectivity index (χ0n) is 20.0. The van der Waals surface area contributed by atoms with E-state index in [0.717, 1.165) is 0 Å². The molecule has 200 valence electrons. The quantitative estimate of drug-likeness (QED) is 0.0985. The molecule has 35 heavy (non-hydrogen) atoms. The Morgan fingerprint density at radius 1 is 0.743 bits per heavy atom. The van der Waals surface area contributed by atoms with Crippen molar-refractivity contribution in [3.63, 3.8) is 0 Å². The van der Waals surface area contributed by atoms with Gasteiger partial charge in [0.2, 0.25) is 17.7 Å². The van der Waals surface area contributed by atoms with Gasteiger partial charge in [0.25, 0.3) is 0 Å². The molecule has 14 heteroatoms. The number of amides is 3. The number of carbonyl (C=O) groups excluding carboxylic acids is 3. The minimum absolute atomic E-state index is 0.0618. The fraction of sp³-hybridized carbons (Fsp3) is 0.714. The highest BCUT2D eigenvalue weighted by atomic mass is 16.4. The Labute approximate surface area is 203 Å². The number of hydrogen-bond acceptors (Lipinski definition) is 8. The van der Waals surface area contributed by atoms with Gasteiger partial charge >= 0.3 is 17.9 Å². The highest BCUT2D eigenvalue weighted by Gasteiger charge is 2.31. The van der Waals surface area contributed by atoms with Crippen LogP contribution in [0.1, 0.15) is 58.8 Å². The van der Waals surface area contributed by atoms with Crippen LogP contribution < -0.4 is 27.4 Å². The highest BCUT2D eigenvalue weighted by Crippen LogP contribution is 2.08. The third-order valence-electron chi connectivity index (χ3n) is 4.92. The lowest BCUT2D eigenvalue weighted by molar-refractivity contribution is -0.144. The molecular formula is C21H37N5O9. The molecule has 0 spiro atoms. The Hall–Kier alpha value is -3.26. The third kappa shape index (κ3) is 13.9.